The molecule has 0 aliphatic carbocycles. The third-order valence-corrected chi connectivity index (χ3v) is 30.6. The molecule has 3 radical (unpaired) electrons. The van der Waals surface area contributed by atoms with E-state index in [1.54, 1.807) is 24.3 Å². The monoisotopic (exact) mass is 2050 g/mol. The van der Waals surface area contributed by atoms with E-state index in [0.717, 1.165) is 201 Å². The number of carbonyl (C=O) groups excluding carboxylic acids is 3. The Morgan fingerprint density at radius 1 is 0.287 bits per heavy atom. The molecule has 0 aromatic heterocycles. The van der Waals surface area contributed by atoms with Gasteiger partial charge in [-0.25, -0.2) is 17.6 Å². The average Bonchev–Trinajstić information content (AvgIpc) is 1.78. The quantitative estimate of drug-likeness (QED) is 0.0171. The molecule has 8 fully saturated rings. The Kier molecular flexibility index (Phi) is 33.8. The number of nitrogens with two attached hydrogens (primary N) is 1. The van der Waals surface area contributed by atoms with Crippen LogP contribution in [0.2, 0.25) is 0 Å². The summed E-state index contributed by atoms with van der Waals surface area (Å²) in [5.74, 6) is 2.72. The van der Waals surface area contributed by atoms with E-state index in [-0.39, 0.29) is 79.1 Å². The van der Waals surface area contributed by atoms with Crippen molar-refractivity contribution in [3.63, 3.8) is 0 Å². The first kappa shape index (κ1) is 105. The van der Waals surface area contributed by atoms with Crippen LogP contribution in [-0.4, -0.2) is 285 Å². The largest absolute Gasteiger partial charge is 0.486 e. The van der Waals surface area contributed by atoms with Gasteiger partial charge in [0.1, 0.15) is 94.4 Å². The van der Waals surface area contributed by atoms with Gasteiger partial charge in [0.2, 0.25) is 17.7 Å². The first-order valence-electron chi connectivity index (χ1n) is 52.3. The minimum absolute atomic E-state index is 0. The van der Waals surface area contributed by atoms with Gasteiger partial charge in [0, 0.05) is 116 Å². The fraction of sp³-hybridized carbons (Fsp3) is 0.414. The van der Waals surface area contributed by atoms with E-state index in [4.69, 9.17) is 48.7 Å². The van der Waals surface area contributed by atoms with Gasteiger partial charge in [-0.15, -0.1) is 0 Å². The fourth-order valence-corrected chi connectivity index (χ4v) is 21.4. The number of hydrogen-bond acceptors (Lipinski definition) is 25. The lowest BCUT2D eigenvalue weighted by molar-refractivity contribution is -0.141. The van der Waals surface area contributed by atoms with Crippen molar-refractivity contribution in [2.24, 2.45) is 29.4 Å². The molecule has 12 aliphatic heterocycles. The summed E-state index contributed by atoms with van der Waals surface area (Å²) in [7, 11) is 0. The molecule has 2 unspecified atom stereocenters. The summed E-state index contributed by atoms with van der Waals surface area (Å²) in [4.78, 5) is 68.8. The second-order valence-electron chi connectivity index (χ2n) is 40.8. The van der Waals surface area contributed by atoms with Gasteiger partial charge in [0.05, 0.1) is 47.9 Å². The van der Waals surface area contributed by atoms with Crippen LogP contribution in [0.3, 0.4) is 0 Å². The summed E-state index contributed by atoms with van der Waals surface area (Å²) in [6.07, 6.45) is 4.28. The number of nitrogens with zero attached hydrogens (tertiary/aromatic N) is 8. The van der Waals surface area contributed by atoms with Crippen LogP contribution >= 0.6 is 0 Å². The van der Waals surface area contributed by atoms with Crippen molar-refractivity contribution < 1.29 is 100 Å². The lowest BCUT2D eigenvalue weighted by Gasteiger charge is -2.36. The maximum atomic E-state index is 13.5. The van der Waals surface area contributed by atoms with Crippen LogP contribution in [0.1, 0.15) is 98.0 Å². The highest BCUT2D eigenvalue weighted by Crippen LogP contribution is 2.42. The lowest BCUT2D eigenvalue weighted by atomic mass is 9.98. The van der Waals surface area contributed by atoms with Gasteiger partial charge < -0.3 is 124 Å². The molecule has 24 rings (SSSR count). The molecular formula is C116H130BF4N12O17. The minimum Gasteiger partial charge on any atom is -0.486 e. The van der Waals surface area contributed by atoms with Crippen molar-refractivity contribution in [2.45, 2.75) is 99.9 Å². The number of amides is 3. The van der Waals surface area contributed by atoms with Crippen LogP contribution in [0.25, 0.3) is 43.1 Å². The van der Waals surface area contributed by atoms with Crippen LogP contribution in [0.15, 0.2) is 218 Å². The molecule has 0 saturated carbocycles. The second-order valence-corrected chi connectivity index (χ2v) is 40.8. The number of carbonyl (C=O) groups is 4. The third-order valence-electron chi connectivity index (χ3n) is 30.6. The van der Waals surface area contributed by atoms with Crippen molar-refractivity contribution in [3.05, 3.63) is 264 Å². The first-order valence-corrected chi connectivity index (χ1v) is 52.3. The predicted octanol–water partition coefficient (Wildman–Crippen LogP) is 13.5. The molecule has 12 aromatic carbocycles. The number of nitrogens with one attached hydrogen (secondary N) is 3. The number of carboxylic acid groups (broad SMARTS) is 1. The number of carboxylic acids is 1. The molecule has 787 valence electrons. The number of aliphatic carboxylic acids is 1. The fourth-order valence-electron chi connectivity index (χ4n) is 21.4. The normalized spacial score (nSPS) is 20.6. The van der Waals surface area contributed by atoms with E-state index in [2.05, 4.69) is 55.1 Å². The zero-order valence-electron chi connectivity index (χ0n) is 84.0. The van der Waals surface area contributed by atoms with E-state index in [9.17, 15) is 57.2 Å². The molecule has 34 heteroatoms. The average molecular weight is 2050 g/mol. The number of hydrogen-bond donors (Lipinski definition) is 9. The summed E-state index contributed by atoms with van der Waals surface area (Å²) in [5.41, 5.74) is 13.1. The Bertz CT molecular complexity index is 6300. The van der Waals surface area contributed by atoms with E-state index < -0.39 is 48.5 Å². The number of anilines is 4. The van der Waals surface area contributed by atoms with Gasteiger partial charge >= 0.3 is 5.97 Å². The first-order chi connectivity index (χ1) is 72.5. The van der Waals surface area contributed by atoms with E-state index in [1.165, 1.54) is 55.0 Å². The van der Waals surface area contributed by atoms with Crippen molar-refractivity contribution in [3.8, 4) is 46.0 Å². The summed E-state index contributed by atoms with van der Waals surface area (Å²) >= 11 is 0. The Labute approximate surface area is 871 Å². The van der Waals surface area contributed by atoms with E-state index >= 15 is 0 Å². The van der Waals surface area contributed by atoms with Crippen molar-refractivity contribution >= 4 is 97.9 Å². The highest BCUT2D eigenvalue weighted by atomic mass is 19.1. The summed E-state index contributed by atoms with van der Waals surface area (Å²) in [5, 5.41) is 70.1. The van der Waals surface area contributed by atoms with E-state index in [1.807, 2.05) is 146 Å². The van der Waals surface area contributed by atoms with Crippen molar-refractivity contribution in [2.75, 3.05) is 203 Å². The second kappa shape index (κ2) is 48.3. The molecule has 0 spiro atoms. The Morgan fingerprint density at radius 3 is 0.760 bits per heavy atom. The number of aliphatic hydroxyl groups excluding tert-OH is 4. The molecule has 8 saturated heterocycles. The summed E-state index contributed by atoms with van der Waals surface area (Å²) < 4.78 is 98.6. The molecule has 12 atom stereocenters. The zero-order chi connectivity index (χ0) is 103. The zero-order valence-corrected chi connectivity index (χ0v) is 84.0. The van der Waals surface area contributed by atoms with E-state index in [0.29, 0.717) is 162 Å². The molecular weight excluding hydrogens is 1920 g/mol. The van der Waals surface area contributed by atoms with Crippen LogP contribution in [0.5, 0.6) is 46.0 Å². The molecule has 0 bridgehead atoms. The number of halogens is 4. The van der Waals surface area contributed by atoms with Crippen molar-refractivity contribution in [1.82, 2.24) is 35.6 Å². The van der Waals surface area contributed by atoms with Crippen LogP contribution in [0.4, 0.5) is 40.3 Å². The maximum absolute atomic E-state index is 13.5. The van der Waals surface area contributed by atoms with Gasteiger partial charge in [-0.2, -0.15) is 0 Å². The summed E-state index contributed by atoms with van der Waals surface area (Å²) in [6.45, 7) is 20.1. The molecule has 12 aromatic rings. The highest BCUT2D eigenvalue weighted by molar-refractivity contribution is 5.91. The maximum Gasteiger partial charge on any atom is 0.308 e. The lowest BCUT2D eigenvalue weighted by Crippen LogP contribution is -2.52. The molecule has 10 N–H and O–H groups in total. The van der Waals surface area contributed by atoms with Crippen molar-refractivity contribution in [1.29, 1.82) is 0 Å². The van der Waals surface area contributed by atoms with Gasteiger partial charge in [0.15, 0.2) is 46.0 Å². The summed E-state index contributed by atoms with van der Waals surface area (Å²) in [6, 6.07) is 63.1. The van der Waals surface area contributed by atoms with Gasteiger partial charge in [-0.05, 0) is 315 Å². The molecule has 29 nitrogen and oxygen atoms in total. The number of fused-ring (bicyclic) bond motifs is 8. The SMILES string of the molecule is N[C@H](CN1CCC1)[C@H](O)c1ccc2c(c1)OCCO2.O=C(N[C@H](CN1CCC1)[C@H](O)c1ccc2c(c1)OCCO2)C1CCN(c2ccc3cc(F)ccc3c2)C1.O=C(N[C@H](CN1CCC1)[C@H](O)c1ccc2c(c1)OCCO2)[C@@H]1CCN(c2ccc3cc(F)ccc3c2)C1.O=C(N[C@H](CN1CCC1)[C@H](O)c1ccc2c(c1)OCCO2)[C@H]1CCN(c2ccc3cc(F)ccc3c2)C1.O=C(O)C1CCN(c2ccc3cc(F)ccc3c2)C1.[B]. The molecule has 12 aliphatic rings. The highest BCUT2D eigenvalue weighted by Gasteiger charge is 2.40. The number of aliphatic hydroxyl groups is 4. The smallest absolute Gasteiger partial charge is 0.308 e. The topological polar surface area (TPSA) is 331 Å². The van der Waals surface area contributed by atoms with Crippen LogP contribution < -0.4 is 79.2 Å². The molecule has 3 amide bonds. The number of likely N-dealkylation sites (tertiary alicyclic amines) is 4. The Morgan fingerprint density at radius 2 is 0.513 bits per heavy atom. The van der Waals surface area contributed by atoms with Crippen LogP contribution in [0, 0.1) is 46.9 Å². The van der Waals surface area contributed by atoms with Gasteiger partial charge in [-0.3, -0.25) is 19.2 Å². The van der Waals surface area contributed by atoms with Crippen LogP contribution in [-0.2, 0) is 19.2 Å². The minimum atomic E-state index is -0.862. The Balaban J connectivity index is 0.000000121. The number of ether oxygens (including phenoxy) is 8. The Hall–Kier alpha value is -13.4. The number of rotatable bonds is 27. The molecule has 12 heterocycles. The molecule has 150 heavy (non-hydrogen) atoms. The van der Waals surface area contributed by atoms with Gasteiger partial charge in [-0.1, -0.05) is 72.8 Å². The third kappa shape index (κ3) is 25.6. The predicted molar refractivity (Wildman–Crippen MR) is 568 cm³/mol. The standard InChI is InChI=1S/3C29H32FN3O4.C15H14FNO2.C14H20N2O3.B/c3*30-23-5-2-20-15-24(6-3-19(20)14-23)33-11-8-22(17-33)29(35)31-25(18-32-9-1-10-32)28(34)21-4-7-26-27(16-21)37-13-12-36-26;16-13-3-1-11-8-14(4-2-10(11)7-13)17-6-5-12(9-17)15(18)19;15-11(9-16-4-1-5-16)14(17)10-2-3-12-13(8-10)19-7-6-18-12;/h3*2-7,14-16,22,25,28,34H,1,8-13,17-18H2,(H,31,35);1-4,7-8,12H,5-6,9H2,(H,18,19);2-3,8,11,14,17H,1,4-7,9,15H2;/t22?,25-,28-;22-,25+,28+;22-,25-,28-;;11-,14-;/m101.1./s1. The van der Waals surface area contributed by atoms with Gasteiger partial charge in [0.25, 0.3) is 0 Å². The number of benzene rings is 12.